The van der Waals surface area contributed by atoms with Gasteiger partial charge in [0.25, 0.3) is 0 Å². The third-order valence-electron chi connectivity index (χ3n) is 1.95. The van der Waals surface area contributed by atoms with Crippen LogP contribution < -0.4 is 15.2 Å². The molecule has 0 aromatic heterocycles. The van der Waals surface area contributed by atoms with Crippen molar-refractivity contribution in [2.24, 2.45) is 5.73 Å². The van der Waals surface area contributed by atoms with Gasteiger partial charge in [0.1, 0.15) is 11.5 Å². The second-order valence-electron chi connectivity index (χ2n) is 3.03. The highest BCUT2D eigenvalue weighted by atomic mass is 16.5. The van der Waals surface area contributed by atoms with E-state index in [2.05, 4.69) is 6.92 Å². The molecule has 0 radical (unpaired) electrons. The molecule has 3 nitrogen and oxygen atoms in total. The molecule has 1 rings (SSSR count). The van der Waals surface area contributed by atoms with Crippen LogP contribution in [0.25, 0.3) is 0 Å². The van der Waals surface area contributed by atoms with Crippen molar-refractivity contribution in [2.45, 2.75) is 19.9 Å². The second-order valence-corrected chi connectivity index (χ2v) is 3.03. The van der Waals surface area contributed by atoms with Crippen LogP contribution in [0.3, 0.4) is 0 Å². The van der Waals surface area contributed by atoms with E-state index in [0.717, 1.165) is 30.1 Å². The minimum absolute atomic E-state index is 0.468. The first-order valence-corrected chi connectivity index (χ1v) is 4.81. The van der Waals surface area contributed by atoms with Gasteiger partial charge in [-0.05, 0) is 24.6 Å². The predicted molar refractivity (Wildman–Crippen MR) is 56.7 cm³/mol. The summed E-state index contributed by atoms with van der Waals surface area (Å²) in [5.41, 5.74) is 6.59. The molecule has 0 unspecified atom stereocenters. The summed E-state index contributed by atoms with van der Waals surface area (Å²) in [5.74, 6) is 1.67. The zero-order valence-electron chi connectivity index (χ0n) is 8.75. The number of hydrogen-bond acceptors (Lipinski definition) is 3. The molecule has 1 aromatic rings. The zero-order chi connectivity index (χ0) is 10.4. The maximum atomic E-state index is 5.61. The highest BCUT2D eigenvalue weighted by Crippen LogP contribution is 2.23. The van der Waals surface area contributed by atoms with Crippen LogP contribution in [0.1, 0.15) is 18.9 Å². The van der Waals surface area contributed by atoms with Gasteiger partial charge in [0, 0.05) is 12.1 Å². The van der Waals surface area contributed by atoms with Crippen molar-refractivity contribution in [2.75, 3.05) is 13.7 Å². The SMILES string of the molecule is CCCOc1ccc(OC)cc1CN. The van der Waals surface area contributed by atoms with Crippen LogP contribution in [0, 0.1) is 0 Å². The normalized spacial score (nSPS) is 9.93. The molecular formula is C11H17NO2. The van der Waals surface area contributed by atoms with Gasteiger partial charge in [0.05, 0.1) is 13.7 Å². The van der Waals surface area contributed by atoms with Gasteiger partial charge >= 0.3 is 0 Å². The quantitative estimate of drug-likeness (QED) is 0.781. The minimum Gasteiger partial charge on any atom is -0.497 e. The number of hydrogen-bond donors (Lipinski definition) is 1. The second kappa shape index (κ2) is 5.50. The van der Waals surface area contributed by atoms with E-state index >= 15 is 0 Å². The average molecular weight is 195 g/mol. The molecule has 0 heterocycles. The highest BCUT2D eigenvalue weighted by Gasteiger charge is 2.03. The maximum Gasteiger partial charge on any atom is 0.124 e. The molecule has 0 bridgehead atoms. The van der Waals surface area contributed by atoms with E-state index in [-0.39, 0.29) is 0 Å². The van der Waals surface area contributed by atoms with E-state index in [0.29, 0.717) is 6.54 Å². The Labute approximate surface area is 84.8 Å². The van der Waals surface area contributed by atoms with Gasteiger partial charge in [-0.15, -0.1) is 0 Å². The first-order chi connectivity index (χ1) is 6.81. The first kappa shape index (κ1) is 10.9. The van der Waals surface area contributed by atoms with E-state index < -0.39 is 0 Å². The molecule has 78 valence electrons. The minimum atomic E-state index is 0.468. The lowest BCUT2D eigenvalue weighted by atomic mass is 10.2. The Morgan fingerprint density at radius 3 is 2.71 bits per heavy atom. The van der Waals surface area contributed by atoms with Crippen LogP contribution in [-0.4, -0.2) is 13.7 Å². The molecular weight excluding hydrogens is 178 g/mol. The summed E-state index contributed by atoms with van der Waals surface area (Å²) in [6.45, 7) is 3.27. The third-order valence-corrected chi connectivity index (χ3v) is 1.95. The van der Waals surface area contributed by atoms with E-state index in [1.807, 2.05) is 18.2 Å². The van der Waals surface area contributed by atoms with Crippen LogP contribution in [-0.2, 0) is 6.54 Å². The molecule has 1 aromatic carbocycles. The lowest BCUT2D eigenvalue weighted by Gasteiger charge is -2.10. The monoisotopic (exact) mass is 195 g/mol. The smallest absolute Gasteiger partial charge is 0.124 e. The Morgan fingerprint density at radius 2 is 2.14 bits per heavy atom. The van der Waals surface area contributed by atoms with Crippen molar-refractivity contribution in [1.82, 2.24) is 0 Å². The van der Waals surface area contributed by atoms with Crippen molar-refractivity contribution >= 4 is 0 Å². The molecule has 0 amide bonds. The average Bonchev–Trinajstić information content (AvgIpc) is 2.26. The fourth-order valence-electron chi connectivity index (χ4n) is 1.20. The number of ether oxygens (including phenoxy) is 2. The molecule has 2 N–H and O–H groups in total. The Balaban J connectivity index is 2.82. The van der Waals surface area contributed by atoms with E-state index in [9.17, 15) is 0 Å². The fourth-order valence-corrected chi connectivity index (χ4v) is 1.20. The Bertz CT molecular complexity index is 287. The van der Waals surface area contributed by atoms with E-state index in [4.69, 9.17) is 15.2 Å². The van der Waals surface area contributed by atoms with Gasteiger partial charge in [0.2, 0.25) is 0 Å². The maximum absolute atomic E-state index is 5.61. The first-order valence-electron chi connectivity index (χ1n) is 4.81. The van der Waals surface area contributed by atoms with Crippen molar-refractivity contribution < 1.29 is 9.47 Å². The van der Waals surface area contributed by atoms with Crippen LogP contribution in [0.5, 0.6) is 11.5 Å². The number of methoxy groups -OCH3 is 1. The van der Waals surface area contributed by atoms with Gasteiger partial charge < -0.3 is 15.2 Å². The molecule has 0 atom stereocenters. The van der Waals surface area contributed by atoms with Crippen molar-refractivity contribution in [3.8, 4) is 11.5 Å². The summed E-state index contributed by atoms with van der Waals surface area (Å²) in [5, 5.41) is 0. The van der Waals surface area contributed by atoms with Gasteiger partial charge in [-0.3, -0.25) is 0 Å². The fraction of sp³-hybridized carbons (Fsp3) is 0.455. The van der Waals surface area contributed by atoms with Crippen molar-refractivity contribution in [3.05, 3.63) is 23.8 Å². The molecule has 0 saturated heterocycles. The lowest BCUT2D eigenvalue weighted by molar-refractivity contribution is 0.313. The van der Waals surface area contributed by atoms with Crippen LogP contribution in [0.4, 0.5) is 0 Å². The summed E-state index contributed by atoms with van der Waals surface area (Å²) < 4.78 is 10.6. The molecule has 3 heteroatoms. The van der Waals surface area contributed by atoms with E-state index in [1.54, 1.807) is 7.11 Å². The summed E-state index contributed by atoms with van der Waals surface area (Å²) in [6, 6.07) is 5.69. The Hall–Kier alpha value is -1.22. The van der Waals surface area contributed by atoms with E-state index in [1.165, 1.54) is 0 Å². The van der Waals surface area contributed by atoms with Gasteiger partial charge in [-0.2, -0.15) is 0 Å². The lowest BCUT2D eigenvalue weighted by Crippen LogP contribution is -2.03. The van der Waals surface area contributed by atoms with Crippen molar-refractivity contribution in [3.63, 3.8) is 0 Å². The number of benzene rings is 1. The summed E-state index contributed by atoms with van der Waals surface area (Å²) in [4.78, 5) is 0. The Kier molecular flexibility index (Phi) is 4.26. The summed E-state index contributed by atoms with van der Waals surface area (Å²) in [6.07, 6.45) is 0.996. The predicted octanol–water partition coefficient (Wildman–Crippen LogP) is 1.94. The molecule has 0 spiro atoms. The summed E-state index contributed by atoms with van der Waals surface area (Å²) in [7, 11) is 1.64. The van der Waals surface area contributed by atoms with Crippen LogP contribution in [0.2, 0.25) is 0 Å². The summed E-state index contributed by atoms with van der Waals surface area (Å²) >= 11 is 0. The molecule has 0 aliphatic rings. The third kappa shape index (κ3) is 2.64. The zero-order valence-corrected chi connectivity index (χ0v) is 8.75. The van der Waals surface area contributed by atoms with Crippen LogP contribution >= 0.6 is 0 Å². The van der Waals surface area contributed by atoms with Gasteiger partial charge in [-0.25, -0.2) is 0 Å². The van der Waals surface area contributed by atoms with Gasteiger partial charge in [-0.1, -0.05) is 6.92 Å². The number of rotatable bonds is 5. The molecule has 14 heavy (non-hydrogen) atoms. The van der Waals surface area contributed by atoms with Gasteiger partial charge in [0.15, 0.2) is 0 Å². The number of nitrogens with two attached hydrogens (primary N) is 1. The molecule has 0 fully saturated rings. The Morgan fingerprint density at radius 1 is 1.36 bits per heavy atom. The van der Waals surface area contributed by atoms with Crippen molar-refractivity contribution in [1.29, 1.82) is 0 Å². The topological polar surface area (TPSA) is 44.5 Å². The molecule has 0 aliphatic carbocycles. The standard InChI is InChI=1S/C11H17NO2/c1-3-6-14-11-5-4-10(13-2)7-9(11)8-12/h4-5,7H,3,6,8,12H2,1-2H3. The largest absolute Gasteiger partial charge is 0.497 e. The molecule has 0 aliphatic heterocycles. The highest BCUT2D eigenvalue weighted by molar-refractivity contribution is 5.40. The molecule has 0 saturated carbocycles. The van der Waals surface area contributed by atoms with Crippen LogP contribution in [0.15, 0.2) is 18.2 Å².